The summed E-state index contributed by atoms with van der Waals surface area (Å²) < 4.78 is 10.5. The van der Waals surface area contributed by atoms with Gasteiger partial charge in [-0.2, -0.15) is 0 Å². The van der Waals surface area contributed by atoms with E-state index in [1.54, 1.807) is 32.9 Å². The molecule has 2 aromatic rings. The Morgan fingerprint density at radius 2 is 1.86 bits per heavy atom. The van der Waals surface area contributed by atoms with Crippen molar-refractivity contribution in [2.45, 2.75) is 64.3 Å². The van der Waals surface area contributed by atoms with Crippen LogP contribution in [-0.2, 0) is 36.9 Å². The predicted octanol–water partition coefficient (Wildman–Crippen LogP) is 2.84. The number of fused-ring (bicyclic) bond motifs is 1. The zero-order chi connectivity index (χ0) is 25.6. The number of amides is 2. The van der Waals surface area contributed by atoms with Crippen LogP contribution in [0.2, 0.25) is 0 Å². The third kappa shape index (κ3) is 7.02. The van der Waals surface area contributed by atoms with E-state index in [1.807, 2.05) is 30.3 Å². The lowest BCUT2D eigenvalue weighted by atomic mass is 10.1. The standard InChI is InChI=1S/C25H29N3O7/c1-25(2,3)35-24(33)27-18(11-12-20(29)34-15-16-8-5-4-6-9-16)22(30)28-19(23(31)32)14-17-10-7-13-26-21(17)28/h4-10,13,18-19H,11-12,14-15H2,1-3H3,(H,27,33)(H,31,32)/t18-,19+/m1/s1. The van der Waals surface area contributed by atoms with Crippen LogP contribution in [0, 0.1) is 0 Å². The van der Waals surface area contributed by atoms with E-state index in [-0.39, 0.29) is 31.7 Å². The van der Waals surface area contributed by atoms with Crippen molar-refractivity contribution in [3.63, 3.8) is 0 Å². The highest BCUT2D eigenvalue weighted by Crippen LogP contribution is 2.31. The molecule has 35 heavy (non-hydrogen) atoms. The number of rotatable bonds is 8. The average molecular weight is 484 g/mol. The third-order valence-corrected chi connectivity index (χ3v) is 5.21. The molecule has 2 N–H and O–H groups in total. The van der Waals surface area contributed by atoms with Crippen molar-refractivity contribution in [2.24, 2.45) is 0 Å². The molecule has 0 radical (unpaired) electrons. The van der Waals surface area contributed by atoms with Gasteiger partial charge in [-0.25, -0.2) is 14.6 Å². The maximum Gasteiger partial charge on any atom is 0.408 e. The first-order valence-electron chi connectivity index (χ1n) is 11.2. The van der Waals surface area contributed by atoms with Gasteiger partial charge in [-0.1, -0.05) is 36.4 Å². The first-order chi connectivity index (χ1) is 16.5. The number of carboxylic acids is 1. The molecule has 2 heterocycles. The fourth-order valence-corrected chi connectivity index (χ4v) is 3.66. The van der Waals surface area contributed by atoms with Crippen LogP contribution in [0.25, 0.3) is 0 Å². The molecule has 0 bridgehead atoms. The second-order valence-electron chi connectivity index (χ2n) is 9.14. The SMILES string of the molecule is CC(C)(C)OC(=O)N[C@H](CCC(=O)OCc1ccccc1)C(=O)N1c2ncccc2C[C@H]1C(=O)O. The fourth-order valence-electron chi connectivity index (χ4n) is 3.66. The molecule has 2 amide bonds. The molecule has 0 saturated carbocycles. The van der Waals surface area contributed by atoms with Crippen molar-refractivity contribution in [3.05, 3.63) is 59.8 Å². The molecule has 0 saturated heterocycles. The van der Waals surface area contributed by atoms with Crippen molar-refractivity contribution in [3.8, 4) is 0 Å². The van der Waals surface area contributed by atoms with Gasteiger partial charge in [0.1, 0.15) is 30.1 Å². The van der Waals surface area contributed by atoms with E-state index in [1.165, 1.54) is 6.20 Å². The zero-order valence-corrected chi connectivity index (χ0v) is 19.9. The van der Waals surface area contributed by atoms with E-state index in [0.717, 1.165) is 10.5 Å². The van der Waals surface area contributed by atoms with E-state index in [4.69, 9.17) is 9.47 Å². The summed E-state index contributed by atoms with van der Waals surface area (Å²) in [7, 11) is 0. The lowest BCUT2D eigenvalue weighted by Crippen LogP contribution is -2.54. The number of benzene rings is 1. The number of alkyl carbamates (subject to hydrolysis) is 1. The minimum Gasteiger partial charge on any atom is -0.480 e. The predicted molar refractivity (Wildman–Crippen MR) is 125 cm³/mol. The lowest BCUT2D eigenvalue weighted by molar-refractivity contribution is -0.145. The van der Waals surface area contributed by atoms with Gasteiger partial charge in [0.15, 0.2) is 0 Å². The van der Waals surface area contributed by atoms with Gasteiger partial charge >= 0.3 is 18.0 Å². The topological polar surface area (TPSA) is 135 Å². The van der Waals surface area contributed by atoms with E-state index in [0.29, 0.717) is 5.56 Å². The molecule has 3 rings (SSSR count). The monoisotopic (exact) mass is 483 g/mol. The van der Waals surface area contributed by atoms with Crippen LogP contribution < -0.4 is 10.2 Å². The molecule has 0 spiro atoms. The molecule has 0 unspecified atom stereocenters. The Morgan fingerprint density at radius 1 is 1.14 bits per heavy atom. The molecule has 1 aliphatic rings. The molecular formula is C25H29N3O7. The zero-order valence-electron chi connectivity index (χ0n) is 19.9. The molecule has 186 valence electrons. The molecule has 0 aliphatic carbocycles. The first-order valence-corrected chi connectivity index (χ1v) is 11.2. The van der Waals surface area contributed by atoms with Gasteiger partial charge in [0.05, 0.1) is 0 Å². The van der Waals surface area contributed by atoms with Crippen molar-refractivity contribution >= 4 is 29.8 Å². The fraction of sp³-hybridized carbons (Fsp3) is 0.400. The molecule has 1 aromatic heterocycles. The van der Waals surface area contributed by atoms with Gasteiger partial charge in [0.25, 0.3) is 5.91 Å². The summed E-state index contributed by atoms with van der Waals surface area (Å²) in [5, 5.41) is 12.2. The summed E-state index contributed by atoms with van der Waals surface area (Å²) in [6.07, 6.45) is 0.389. The molecule has 10 nitrogen and oxygen atoms in total. The number of carboxylic acid groups (broad SMARTS) is 1. The second kappa shape index (κ2) is 11.0. The average Bonchev–Trinajstić information content (AvgIpc) is 3.19. The number of hydrogen-bond donors (Lipinski definition) is 2. The van der Waals surface area contributed by atoms with Gasteiger partial charge < -0.3 is 19.9 Å². The van der Waals surface area contributed by atoms with Crippen LogP contribution in [0.15, 0.2) is 48.7 Å². The van der Waals surface area contributed by atoms with Crippen LogP contribution >= 0.6 is 0 Å². The number of anilines is 1. The Morgan fingerprint density at radius 3 is 2.51 bits per heavy atom. The third-order valence-electron chi connectivity index (χ3n) is 5.21. The van der Waals surface area contributed by atoms with Gasteiger partial charge in [0, 0.05) is 19.0 Å². The van der Waals surface area contributed by atoms with Crippen LogP contribution in [0.5, 0.6) is 0 Å². The first kappa shape index (κ1) is 25.7. The molecule has 10 heteroatoms. The highest BCUT2D eigenvalue weighted by molar-refractivity contribution is 6.04. The summed E-state index contributed by atoms with van der Waals surface area (Å²) in [6, 6.07) is 10.1. The number of pyridine rings is 1. The van der Waals surface area contributed by atoms with Gasteiger partial charge in [-0.05, 0) is 44.4 Å². The lowest BCUT2D eigenvalue weighted by Gasteiger charge is -2.28. The largest absolute Gasteiger partial charge is 0.480 e. The molecule has 2 atom stereocenters. The highest BCUT2D eigenvalue weighted by atomic mass is 16.6. The highest BCUT2D eigenvalue weighted by Gasteiger charge is 2.42. The summed E-state index contributed by atoms with van der Waals surface area (Å²) in [6.45, 7) is 5.09. The summed E-state index contributed by atoms with van der Waals surface area (Å²) in [4.78, 5) is 55.5. The maximum atomic E-state index is 13.5. The molecule has 1 aromatic carbocycles. The van der Waals surface area contributed by atoms with Crippen LogP contribution in [-0.4, -0.2) is 51.7 Å². The Balaban J connectivity index is 1.75. The number of nitrogens with one attached hydrogen (secondary N) is 1. The minimum atomic E-state index is -1.23. The molecule has 0 fully saturated rings. The Labute approximate surface area is 203 Å². The van der Waals surface area contributed by atoms with Crippen molar-refractivity contribution in [1.82, 2.24) is 10.3 Å². The van der Waals surface area contributed by atoms with E-state index in [9.17, 15) is 24.3 Å². The number of hydrogen-bond acceptors (Lipinski definition) is 7. The number of ether oxygens (including phenoxy) is 2. The Kier molecular flexibility index (Phi) is 8.06. The van der Waals surface area contributed by atoms with E-state index in [2.05, 4.69) is 10.3 Å². The second-order valence-corrected chi connectivity index (χ2v) is 9.14. The molecule has 1 aliphatic heterocycles. The van der Waals surface area contributed by atoms with E-state index >= 15 is 0 Å². The van der Waals surface area contributed by atoms with E-state index < -0.39 is 41.6 Å². The van der Waals surface area contributed by atoms with Crippen LogP contribution in [0.3, 0.4) is 0 Å². The normalized spacial score (nSPS) is 15.6. The summed E-state index contributed by atoms with van der Waals surface area (Å²) in [5.41, 5.74) is 0.591. The van der Waals surface area contributed by atoms with Gasteiger partial charge in [-0.3, -0.25) is 14.5 Å². The number of aromatic nitrogens is 1. The van der Waals surface area contributed by atoms with Crippen molar-refractivity contribution in [2.75, 3.05) is 4.90 Å². The number of nitrogens with zero attached hydrogens (tertiary/aromatic N) is 2. The number of aliphatic carboxylic acids is 1. The number of esters is 1. The summed E-state index contributed by atoms with van der Waals surface area (Å²) >= 11 is 0. The van der Waals surface area contributed by atoms with Crippen LogP contribution in [0.4, 0.5) is 10.6 Å². The van der Waals surface area contributed by atoms with Crippen molar-refractivity contribution < 1.29 is 33.8 Å². The number of carbonyl (C=O) groups is 4. The minimum absolute atomic E-state index is 0.0717. The molecular weight excluding hydrogens is 454 g/mol. The smallest absolute Gasteiger partial charge is 0.408 e. The maximum absolute atomic E-state index is 13.5. The summed E-state index contributed by atoms with van der Waals surface area (Å²) in [5.74, 6) is -2.24. The van der Waals surface area contributed by atoms with Crippen molar-refractivity contribution in [1.29, 1.82) is 0 Å². The quantitative estimate of drug-likeness (QED) is 0.547. The van der Waals surface area contributed by atoms with Gasteiger partial charge in [-0.15, -0.1) is 0 Å². The Hall–Kier alpha value is -3.95. The number of carbonyl (C=O) groups excluding carboxylic acids is 3. The van der Waals surface area contributed by atoms with Crippen LogP contribution in [0.1, 0.15) is 44.7 Å². The Bertz CT molecular complexity index is 1080. The van der Waals surface area contributed by atoms with Gasteiger partial charge in [0.2, 0.25) is 0 Å².